The summed E-state index contributed by atoms with van der Waals surface area (Å²) in [5.74, 6) is -0.991. The van der Waals surface area contributed by atoms with Crippen LogP contribution in [0.5, 0.6) is 0 Å². The Balaban J connectivity index is 1.70. The molecule has 0 spiro atoms. The number of nitrogens with one attached hydrogen (secondary N) is 1. The van der Waals surface area contributed by atoms with E-state index in [4.69, 9.17) is 0 Å². The van der Waals surface area contributed by atoms with Crippen LogP contribution in [-0.4, -0.2) is 12.6 Å². The molecule has 0 atom stereocenters. The molecule has 1 aromatic carbocycles. The molecule has 0 radical (unpaired) electrons. The van der Waals surface area contributed by atoms with Gasteiger partial charge in [0.25, 0.3) is 0 Å². The van der Waals surface area contributed by atoms with Gasteiger partial charge in [-0.15, -0.1) is 0 Å². The van der Waals surface area contributed by atoms with Crippen molar-refractivity contribution in [3.63, 3.8) is 0 Å². The smallest absolute Gasteiger partial charge is 0.129 e. The number of allylic oxidation sites excluding steroid dienone is 1. The molecule has 1 N–H and O–H groups in total. The van der Waals surface area contributed by atoms with Gasteiger partial charge in [-0.2, -0.15) is 0 Å². The molecular weight excluding hydrogens is 220 g/mol. The lowest BCUT2D eigenvalue weighted by molar-refractivity contribution is 0.575. The average Bonchev–Trinajstić information content (AvgIpc) is 3.09. The highest BCUT2D eigenvalue weighted by atomic mass is 19.1. The van der Waals surface area contributed by atoms with E-state index in [-0.39, 0.29) is 0 Å². The van der Waals surface area contributed by atoms with Crippen molar-refractivity contribution in [2.45, 2.75) is 31.7 Å². The van der Waals surface area contributed by atoms with Crippen LogP contribution in [0.15, 0.2) is 30.4 Å². The first-order valence-corrected chi connectivity index (χ1v) is 6.08. The fourth-order valence-electron chi connectivity index (χ4n) is 1.67. The van der Waals surface area contributed by atoms with E-state index in [1.54, 1.807) is 0 Å². The number of halogens is 2. The van der Waals surface area contributed by atoms with Crippen LogP contribution in [0.4, 0.5) is 8.78 Å². The summed E-state index contributed by atoms with van der Waals surface area (Å²) in [5, 5.41) is 3.40. The van der Waals surface area contributed by atoms with Crippen LogP contribution >= 0.6 is 0 Å². The van der Waals surface area contributed by atoms with Crippen molar-refractivity contribution in [2.75, 3.05) is 6.54 Å². The van der Waals surface area contributed by atoms with Crippen LogP contribution in [0.2, 0.25) is 0 Å². The summed E-state index contributed by atoms with van der Waals surface area (Å²) >= 11 is 0. The van der Waals surface area contributed by atoms with Gasteiger partial charge in [-0.05, 0) is 43.9 Å². The maximum Gasteiger partial charge on any atom is 0.129 e. The van der Waals surface area contributed by atoms with E-state index in [2.05, 4.69) is 5.32 Å². The molecule has 0 aliphatic heterocycles. The molecule has 1 aliphatic rings. The highest BCUT2D eigenvalue weighted by Gasteiger charge is 2.19. The molecule has 1 saturated carbocycles. The van der Waals surface area contributed by atoms with E-state index in [0.29, 0.717) is 12.0 Å². The number of rotatable bonds is 6. The summed E-state index contributed by atoms with van der Waals surface area (Å²) in [7, 11) is 0. The van der Waals surface area contributed by atoms with Crippen LogP contribution in [0.3, 0.4) is 0 Å². The van der Waals surface area contributed by atoms with Crippen LogP contribution in [0.25, 0.3) is 0 Å². The predicted molar refractivity (Wildman–Crippen MR) is 64.8 cm³/mol. The number of benzene rings is 1. The van der Waals surface area contributed by atoms with Crippen molar-refractivity contribution in [3.8, 4) is 0 Å². The Morgan fingerprint density at radius 2 is 2.06 bits per heavy atom. The molecule has 1 aliphatic carbocycles. The molecule has 0 bridgehead atoms. The zero-order valence-corrected chi connectivity index (χ0v) is 9.76. The highest BCUT2D eigenvalue weighted by molar-refractivity contribution is 5.20. The van der Waals surface area contributed by atoms with Crippen molar-refractivity contribution < 1.29 is 8.78 Å². The number of hydrogen-bond acceptors (Lipinski definition) is 1. The molecule has 0 saturated heterocycles. The van der Waals surface area contributed by atoms with Gasteiger partial charge in [-0.1, -0.05) is 18.2 Å². The second-order valence-electron chi connectivity index (χ2n) is 4.43. The van der Waals surface area contributed by atoms with Crippen LogP contribution in [0.1, 0.15) is 24.8 Å². The normalized spacial score (nSPS) is 15.6. The summed E-state index contributed by atoms with van der Waals surface area (Å²) < 4.78 is 25.9. The maximum absolute atomic E-state index is 13.3. The lowest BCUT2D eigenvalue weighted by Gasteiger charge is -2.00. The van der Waals surface area contributed by atoms with Crippen molar-refractivity contribution >= 4 is 0 Å². The standard InChI is InChI=1S/C14H17F2N/c15-12-6-5-11(14(16)10-12)4-2-1-3-9-17-13-7-8-13/h1-2,5-6,10,13,17H,3-4,7-9H2. The second kappa shape index (κ2) is 5.92. The third-order valence-electron chi connectivity index (χ3n) is 2.84. The zero-order valence-electron chi connectivity index (χ0n) is 9.76. The van der Waals surface area contributed by atoms with Gasteiger partial charge in [0, 0.05) is 12.1 Å². The van der Waals surface area contributed by atoms with E-state index in [0.717, 1.165) is 25.1 Å². The molecule has 0 aromatic heterocycles. The Hall–Kier alpha value is -1.22. The molecule has 1 fully saturated rings. The Bertz CT molecular complexity index is 397. The molecule has 1 aromatic rings. The fourth-order valence-corrected chi connectivity index (χ4v) is 1.67. The third-order valence-corrected chi connectivity index (χ3v) is 2.84. The Morgan fingerprint density at radius 3 is 2.76 bits per heavy atom. The van der Waals surface area contributed by atoms with Gasteiger partial charge < -0.3 is 5.32 Å². The zero-order chi connectivity index (χ0) is 12.1. The summed E-state index contributed by atoms with van der Waals surface area (Å²) in [5.41, 5.74) is 0.540. The SMILES string of the molecule is Fc1ccc(CC=CCCNC2CC2)c(F)c1. The molecule has 92 valence electrons. The van der Waals surface area contributed by atoms with E-state index in [1.165, 1.54) is 25.0 Å². The summed E-state index contributed by atoms with van der Waals surface area (Å²) in [6, 6.07) is 4.45. The predicted octanol–water partition coefficient (Wildman–Crippen LogP) is 3.21. The van der Waals surface area contributed by atoms with E-state index in [1.807, 2.05) is 12.2 Å². The van der Waals surface area contributed by atoms with Gasteiger partial charge in [-0.25, -0.2) is 8.78 Å². The molecule has 2 rings (SSSR count). The fraction of sp³-hybridized carbons (Fsp3) is 0.429. The molecule has 0 unspecified atom stereocenters. The molecular formula is C14H17F2N. The minimum Gasteiger partial charge on any atom is -0.314 e. The maximum atomic E-state index is 13.3. The van der Waals surface area contributed by atoms with Crippen molar-refractivity contribution in [2.24, 2.45) is 0 Å². The first-order chi connectivity index (χ1) is 8.25. The monoisotopic (exact) mass is 237 g/mol. The second-order valence-corrected chi connectivity index (χ2v) is 4.43. The first-order valence-electron chi connectivity index (χ1n) is 6.08. The molecule has 0 heterocycles. The van der Waals surface area contributed by atoms with Gasteiger partial charge in [0.1, 0.15) is 11.6 Å². The molecule has 3 heteroatoms. The summed E-state index contributed by atoms with van der Waals surface area (Å²) in [4.78, 5) is 0. The van der Waals surface area contributed by atoms with Crippen LogP contribution in [-0.2, 0) is 6.42 Å². The minimum absolute atomic E-state index is 0.467. The Labute approximate surface area is 101 Å². The van der Waals surface area contributed by atoms with E-state index in [9.17, 15) is 8.78 Å². The largest absolute Gasteiger partial charge is 0.314 e. The summed E-state index contributed by atoms with van der Waals surface area (Å²) in [6.45, 7) is 0.979. The lowest BCUT2D eigenvalue weighted by atomic mass is 10.1. The number of hydrogen-bond donors (Lipinski definition) is 1. The average molecular weight is 237 g/mol. The van der Waals surface area contributed by atoms with Gasteiger partial charge in [0.05, 0.1) is 0 Å². The van der Waals surface area contributed by atoms with Crippen molar-refractivity contribution in [1.82, 2.24) is 5.32 Å². The van der Waals surface area contributed by atoms with Gasteiger partial charge in [-0.3, -0.25) is 0 Å². The Morgan fingerprint density at radius 1 is 1.24 bits per heavy atom. The highest BCUT2D eigenvalue weighted by Crippen LogP contribution is 2.18. The van der Waals surface area contributed by atoms with Crippen molar-refractivity contribution in [1.29, 1.82) is 0 Å². The Kier molecular flexibility index (Phi) is 4.26. The van der Waals surface area contributed by atoms with Gasteiger partial charge >= 0.3 is 0 Å². The molecule has 1 nitrogen and oxygen atoms in total. The molecule has 17 heavy (non-hydrogen) atoms. The third kappa shape index (κ3) is 4.27. The van der Waals surface area contributed by atoms with Crippen LogP contribution in [0, 0.1) is 11.6 Å². The minimum atomic E-state index is -0.524. The topological polar surface area (TPSA) is 12.0 Å². The van der Waals surface area contributed by atoms with Gasteiger partial charge in [0.15, 0.2) is 0 Å². The quantitative estimate of drug-likeness (QED) is 0.591. The summed E-state index contributed by atoms with van der Waals surface area (Å²) in [6.07, 6.45) is 8.05. The van der Waals surface area contributed by atoms with E-state index >= 15 is 0 Å². The van der Waals surface area contributed by atoms with Crippen molar-refractivity contribution in [3.05, 3.63) is 47.5 Å². The van der Waals surface area contributed by atoms with Crippen LogP contribution < -0.4 is 5.32 Å². The molecule has 0 amide bonds. The van der Waals surface area contributed by atoms with E-state index < -0.39 is 11.6 Å². The first kappa shape index (κ1) is 12.2. The lowest BCUT2D eigenvalue weighted by Crippen LogP contribution is -2.16. The van der Waals surface area contributed by atoms with Gasteiger partial charge in [0.2, 0.25) is 0 Å².